The standard InChI is InChI=1S/C16H26N2O2/c17-15(19)8-7-13-5-4-6-14(11-13)18-12-16(20)9-2-1-3-10-16/h4-6,11,15,18-20H,1-3,7-10,12,17H2. The minimum atomic E-state index is -0.755. The van der Waals surface area contributed by atoms with E-state index >= 15 is 0 Å². The number of nitrogens with two attached hydrogens (primary N) is 1. The van der Waals surface area contributed by atoms with Gasteiger partial charge in [-0.1, -0.05) is 31.4 Å². The Labute approximate surface area is 121 Å². The van der Waals surface area contributed by atoms with Crippen LogP contribution in [0, 0.1) is 0 Å². The topological polar surface area (TPSA) is 78.5 Å². The van der Waals surface area contributed by atoms with Crippen LogP contribution in [0.25, 0.3) is 0 Å². The fourth-order valence-corrected chi connectivity index (χ4v) is 2.80. The molecule has 4 nitrogen and oxygen atoms in total. The van der Waals surface area contributed by atoms with Crippen molar-refractivity contribution in [3.8, 4) is 0 Å². The molecule has 1 fully saturated rings. The van der Waals surface area contributed by atoms with E-state index < -0.39 is 11.8 Å². The molecule has 1 unspecified atom stereocenters. The van der Waals surface area contributed by atoms with E-state index in [1.807, 2.05) is 18.2 Å². The van der Waals surface area contributed by atoms with Gasteiger partial charge in [0.2, 0.25) is 0 Å². The van der Waals surface area contributed by atoms with Gasteiger partial charge >= 0.3 is 0 Å². The van der Waals surface area contributed by atoms with Gasteiger partial charge < -0.3 is 21.3 Å². The van der Waals surface area contributed by atoms with Crippen LogP contribution >= 0.6 is 0 Å². The highest BCUT2D eigenvalue weighted by Crippen LogP contribution is 2.28. The van der Waals surface area contributed by atoms with Crippen molar-refractivity contribution < 1.29 is 10.2 Å². The van der Waals surface area contributed by atoms with Crippen molar-refractivity contribution in [3.05, 3.63) is 29.8 Å². The Bertz CT molecular complexity index is 415. The van der Waals surface area contributed by atoms with Gasteiger partial charge in [-0.25, -0.2) is 0 Å². The maximum atomic E-state index is 10.5. The first kappa shape index (κ1) is 15.3. The molecule has 0 heterocycles. The Balaban J connectivity index is 1.87. The number of hydrogen-bond donors (Lipinski definition) is 4. The SMILES string of the molecule is NC(O)CCc1cccc(NCC2(O)CCCCC2)c1. The monoisotopic (exact) mass is 278 g/mol. The summed E-state index contributed by atoms with van der Waals surface area (Å²) < 4.78 is 0. The molecule has 5 N–H and O–H groups in total. The summed E-state index contributed by atoms with van der Waals surface area (Å²) in [7, 11) is 0. The minimum absolute atomic E-state index is 0.554. The molecule has 2 rings (SSSR count). The molecular formula is C16H26N2O2. The lowest BCUT2D eigenvalue weighted by atomic mass is 9.85. The van der Waals surface area contributed by atoms with E-state index in [4.69, 9.17) is 10.8 Å². The molecule has 20 heavy (non-hydrogen) atoms. The summed E-state index contributed by atoms with van der Waals surface area (Å²) in [4.78, 5) is 0. The summed E-state index contributed by atoms with van der Waals surface area (Å²) in [5.74, 6) is 0. The molecule has 1 atom stereocenters. The fourth-order valence-electron chi connectivity index (χ4n) is 2.80. The molecule has 0 spiro atoms. The van der Waals surface area contributed by atoms with E-state index in [1.165, 1.54) is 6.42 Å². The summed E-state index contributed by atoms with van der Waals surface area (Å²) in [6, 6.07) is 8.09. The van der Waals surface area contributed by atoms with Crippen LogP contribution in [0.3, 0.4) is 0 Å². The number of nitrogens with one attached hydrogen (secondary N) is 1. The highest BCUT2D eigenvalue weighted by atomic mass is 16.3. The minimum Gasteiger partial charge on any atom is -0.388 e. The average Bonchev–Trinajstić information content (AvgIpc) is 2.44. The van der Waals surface area contributed by atoms with Crippen molar-refractivity contribution in [2.75, 3.05) is 11.9 Å². The molecule has 1 aromatic rings. The van der Waals surface area contributed by atoms with Crippen molar-refractivity contribution in [1.29, 1.82) is 0 Å². The lowest BCUT2D eigenvalue weighted by Crippen LogP contribution is -2.38. The van der Waals surface area contributed by atoms with Crippen molar-refractivity contribution in [2.45, 2.75) is 56.8 Å². The molecule has 1 aliphatic rings. The number of aliphatic hydroxyl groups is 2. The van der Waals surface area contributed by atoms with Gasteiger partial charge in [0, 0.05) is 12.2 Å². The van der Waals surface area contributed by atoms with Crippen LogP contribution in [0.5, 0.6) is 0 Å². The van der Waals surface area contributed by atoms with E-state index in [9.17, 15) is 5.11 Å². The molecule has 0 aliphatic heterocycles. The number of rotatable bonds is 6. The molecular weight excluding hydrogens is 252 g/mol. The first-order chi connectivity index (χ1) is 9.57. The second-order valence-corrected chi connectivity index (χ2v) is 5.94. The summed E-state index contributed by atoms with van der Waals surface area (Å²) in [6.07, 6.45) is 5.82. The summed E-state index contributed by atoms with van der Waals surface area (Å²) in [6.45, 7) is 0.607. The molecule has 0 saturated heterocycles. The van der Waals surface area contributed by atoms with Gasteiger partial charge in [0.1, 0.15) is 6.23 Å². The van der Waals surface area contributed by atoms with Crippen LogP contribution in [-0.2, 0) is 6.42 Å². The highest BCUT2D eigenvalue weighted by molar-refractivity contribution is 5.46. The van der Waals surface area contributed by atoms with E-state index in [0.29, 0.717) is 13.0 Å². The van der Waals surface area contributed by atoms with Crippen LogP contribution < -0.4 is 11.1 Å². The third-order valence-electron chi connectivity index (χ3n) is 4.06. The maximum absolute atomic E-state index is 10.5. The molecule has 0 radical (unpaired) electrons. The van der Waals surface area contributed by atoms with E-state index in [-0.39, 0.29) is 0 Å². The molecule has 112 valence electrons. The first-order valence-electron chi connectivity index (χ1n) is 7.56. The summed E-state index contributed by atoms with van der Waals surface area (Å²) in [5.41, 5.74) is 6.97. The number of anilines is 1. The molecule has 4 heteroatoms. The zero-order valence-corrected chi connectivity index (χ0v) is 12.0. The average molecular weight is 278 g/mol. The molecule has 1 aliphatic carbocycles. The third kappa shape index (κ3) is 4.78. The molecule has 1 aromatic carbocycles. The van der Waals surface area contributed by atoms with Gasteiger partial charge in [0.05, 0.1) is 5.60 Å². The van der Waals surface area contributed by atoms with Crippen LogP contribution in [0.15, 0.2) is 24.3 Å². The number of hydrogen-bond acceptors (Lipinski definition) is 4. The lowest BCUT2D eigenvalue weighted by Gasteiger charge is -2.32. The van der Waals surface area contributed by atoms with Crippen molar-refractivity contribution in [2.24, 2.45) is 5.73 Å². The normalized spacial score (nSPS) is 19.6. The second-order valence-electron chi connectivity index (χ2n) is 5.94. The molecule has 1 saturated carbocycles. The predicted molar refractivity (Wildman–Crippen MR) is 81.5 cm³/mol. The number of aryl methyl sites for hydroxylation is 1. The Hall–Kier alpha value is -1.10. The van der Waals surface area contributed by atoms with Crippen LogP contribution in [0.2, 0.25) is 0 Å². The van der Waals surface area contributed by atoms with Crippen molar-refractivity contribution in [3.63, 3.8) is 0 Å². The Kier molecular flexibility index (Phi) is 5.40. The number of benzene rings is 1. The molecule has 0 aromatic heterocycles. The largest absolute Gasteiger partial charge is 0.388 e. The van der Waals surface area contributed by atoms with Gasteiger partial charge in [0.25, 0.3) is 0 Å². The van der Waals surface area contributed by atoms with Gasteiger partial charge in [-0.15, -0.1) is 0 Å². The van der Waals surface area contributed by atoms with Crippen LogP contribution in [-0.4, -0.2) is 28.6 Å². The van der Waals surface area contributed by atoms with Gasteiger partial charge in [-0.05, 0) is 43.4 Å². The Morgan fingerprint density at radius 1 is 1.25 bits per heavy atom. The third-order valence-corrected chi connectivity index (χ3v) is 4.06. The van der Waals surface area contributed by atoms with Crippen molar-refractivity contribution >= 4 is 5.69 Å². The smallest absolute Gasteiger partial charge is 0.102 e. The Morgan fingerprint density at radius 2 is 2.00 bits per heavy atom. The number of aliphatic hydroxyl groups excluding tert-OH is 1. The van der Waals surface area contributed by atoms with Crippen LogP contribution in [0.1, 0.15) is 44.1 Å². The summed E-state index contributed by atoms with van der Waals surface area (Å²) in [5, 5.41) is 22.9. The highest BCUT2D eigenvalue weighted by Gasteiger charge is 2.28. The van der Waals surface area contributed by atoms with Gasteiger partial charge in [0.15, 0.2) is 0 Å². The second kappa shape index (κ2) is 7.07. The maximum Gasteiger partial charge on any atom is 0.102 e. The summed E-state index contributed by atoms with van der Waals surface area (Å²) >= 11 is 0. The van der Waals surface area contributed by atoms with Crippen molar-refractivity contribution in [1.82, 2.24) is 0 Å². The quantitative estimate of drug-likeness (QED) is 0.600. The van der Waals surface area contributed by atoms with Crippen LogP contribution in [0.4, 0.5) is 5.69 Å². The van der Waals surface area contributed by atoms with E-state index in [0.717, 1.165) is 43.4 Å². The van der Waals surface area contributed by atoms with Gasteiger partial charge in [-0.3, -0.25) is 0 Å². The first-order valence-corrected chi connectivity index (χ1v) is 7.56. The van der Waals surface area contributed by atoms with Gasteiger partial charge in [-0.2, -0.15) is 0 Å². The van der Waals surface area contributed by atoms with E-state index in [1.54, 1.807) is 0 Å². The van der Waals surface area contributed by atoms with E-state index in [2.05, 4.69) is 11.4 Å². The predicted octanol–water partition coefficient (Wildman–Crippen LogP) is 2.00. The zero-order chi connectivity index (χ0) is 14.4. The molecule has 0 bridgehead atoms. The Morgan fingerprint density at radius 3 is 2.70 bits per heavy atom. The lowest BCUT2D eigenvalue weighted by molar-refractivity contribution is 0.0167. The fraction of sp³-hybridized carbons (Fsp3) is 0.625. The zero-order valence-electron chi connectivity index (χ0n) is 12.0. The molecule has 0 amide bonds.